The summed E-state index contributed by atoms with van der Waals surface area (Å²) in [6.07, 6.45) is 3.09. The van der Waals surface area contributed by atoms with Gasteiger partial charge in [0, 0.05) is 13.0 Å². The van der Waals surface area contributed by atoms with Crippen LogP contribution in [0.1, 0.15) is 38.4 Å². The van der Waals surface area contributed by atoms with Gasteiger partial charge in [0.05, 0.1) is 6.54 Å². The summed E-state index contributed by atoms with van der Waals surface area (Å²) in [5.74, 6) is 1.55. The van der Waals surface area contributed by atoms with Crippen molar-refractivity contribution in [2.45, 2.75) is 39.7 Å². The topological polar surface area (TPSA) is 68.2 Å². The third-order valence-electron chi connectivity index (χ3n) is 3.47. The van der Waals surface area contributed by atoms with Crippen molar-refractivity contribution in [1.29, 1.82) is 0 Å². The molecule has 0 aliphatic carbocycles. The summed E-state index contributed by atoms with van der Waals surface area (Å²) in [5.41, 5.74) is 6.05. The maximum absolute atomic E-state index is 5.79. The molecule has 0 radical (unpaired) electrons. The zero-order chi connectivity index (χ0) is 12.3. The van der Waals surface area contributed by atoms with E-state index in [4.69, 9.17) is 10.3 Å². The predicted molar refractivity (Wildman–Crippen MR) is 72.6 cm³/mol. The number of halogens is 1. The molecule has 1 aromatic rings. The SMILES string of the molecule is CCCc1noc(CN2CCC(C)(CN)C2)n1.Cl. The van der Waals surface area contributed by atoms with Crippen LogP contribution in [0, 0.1) is 5.41 Å². The van der Waals surface area contributed by atoms with Gasteiger partial charge < -0.3 is 10.3 Å². The fourth-order valence-electron chi connectivity index (χ4n) is 2.30. The van der Waals surface area contributed by atoms with Crippen molar-refractivity contribution in [2.24, 2.45) is 11.1 Å². The van der Waals surface area contributed by atoms with Gasteiger partial charge in [-0.3, -0.25) is 4.90 Å². The summed E-state index contributed by atoms with van der Waals surface area (Å²) in [6.45, 7) is 7.95. The fraction of sp³-hybridized carbons (Fsp3) is 0.833. The lowest BCUT2D eigenvalue weighted by Gasteiger charge is -2.21. The van der Waals surface area contributed by atoms with E-state index in [2.05, 4.69) is 28.9 Å². The molecule has 1 saturated heterocycles. The number of rotatable bonds is 5. The number of hydrogen-bond acceptors (Lipinski definition) is 5. The van der Waals surface area contributed by atoms with Gasteiger partial charge in [-0.1, -0.05) is 19.0 Å². The van der Waals surface area contributed by atoms with Crippen molar-refractivity contribution in [3.8, 4) is 0 Å². The predicted octanol–water partition coefficient (Wildman–Crippen LogP) is 1.61. The first-order valence-electron chi connectivity index (χ1n) is 6.39. The zero-order valence-corrected chi connectivity index (χ0v) is 12.0. The molecule has 1 unspecified atom stereocenters. The summed E-state index contributed by atoms with van der Waals surface area (Å²) in [4.78, 5) is 6.73. The van der Waals surface area contributed by atoms with Gasteiger partial charge >= 0.3 is 0 Å². The van der Waals surface area contributed by atoms with Gasteiger partial charge in [-0.25, -0.2) is 0 Å². The van der Waals surface area contributed by atoms with Gasteiger partial charge in [0.15, 0.2) is 5.82 Å². The summed E-state index contributed by atoms with van der Waals surface area (Å²) in [5, 5.41) is 3.97. The first-order chi connectivity index (χ1) is 8.15. The van der Waals surface area contributed by atoms with E-state index >= 15 is 0 Å². The number of nitrogens with zero attached hydrogens (tertiary/aromatic N) is 3. The van der Waals surface area contributed by atoms with E-state index in [0.717, 1.165) is 57.2 Å². The number of hydrogen-bond donors (Lipinski definition) is 1. The average molecular weight is 275 g/mol. The van der Waals surface area contributed by atoms with Crippen LogP contribution in [0.3, 0.4) is 0 Å². The maximum atomic E-state index is 5.79. The maximum Gasteiger partial charge on any atom is 0.240 e. The van der Waals surface area contributed by atoms with Crippen molar-refractivity contribution >= 4 is 12.4 Å². The molecule has 0 bridgehead atoms. The van der Waals surface area contributed by atoms with Crippen molar-refractivity contribution in [3.05, 3.63) is 11.7 Å². The van der Waals surface area contributed by atoms with Crippen molar-refractivity contribution in [3.63, 3.8) is 0 Å². The molecule has 2 N–H and O–H groups in total. The number of likely N-dealkylation sites (tertiary alicyclic amines) is 1. The molecular weight excluding hydrogens is 252 g/mol. The molecule has 1 atom stereocenters. The van der Waals surface area contributed by atoms with E-state index in [1.165, 1.54) is 0 Å². The lowest BCUT2D eigenvalue weighted by Crippen LogP contribution is -2.31. The van der Waals surface area contributed by atoms with Gasteiger partial charge in [-0.05, 0) is 31.3 Å². The third-order valence-corrected chi connectivity index (χ3v) is 3.47. The first-order valence-corrected chi connectivity index (χ1v) is 6.39. The molecular formula is C12H23ClN4O. The Balaban J connectivity index is 0.00000162. The van der Waals surface area contributed by atoms with Gasteiger partial charge in [-0.15, -0.1) is 12.4 Å². The average Bonchev–Trinajstić information content (AvgIpc) is 2.89. The molecule has 6 heteroatoms. The summed E-state index contributed by atoms with van der Waals surface area (Å²) >= 11 is 0. The highest BCUT2D eigenvalue weighted by atomic mass is 35.5. The van der Waals surface area contributed by atoms with Crippen LogP contribution in [0.4, 0.5) is 0 Å². The third kappa shape index (κ3) is 3.67. The van der Waals surface area contributed by atoms with E-state index in [1.807, 2.05) is 0 Å². The molecule has 1 fully saturated rings. The van der Waals surface area contributed by atoms with E-state index in [9.17, 15) is 0 Å². The Hall–Kier alpha value is -0.650. The van der Waals surface area contributed by atoms with Crippen LogP contribution in [0.25, 0.3) is 0 Å². The second-order valence-electron chi connectivity index (χ2n) is 5.33. The monoisotopic (exact) mass is 274 g/mol. The molecule has 0 saturated carbocycles. The lowest BCUT2D eigenvalue weighted by atomic mass is 9.90. The van der Waals surface area contributed by atoms with Crippen LogP contribution >= 0.6 is 12.4 Å². The first kappa shape index (κ1) is 15.4. The van der Waals surface area contributed by atoms with Crippen LogP contribution in [0.15, 0.2) is 4.52 Å². The molecule has 1 aliphatic rings. The molecule has 2 rings (SSSR count). The van der Waals surface area contributed by atoms with E-state index < -0.39 is 0 Å². The Morgan fingerprint density at radius 1 is 1.50 bits per heavy atom. The molecule has 18 heavy (non-hydrogen) atoms. The van der Waals surface area contributed by atoms with E-state index in [0.29, 0.717) is 0 Å². The van der Waals surface area contributed by atoms with Crippen LogP contribution in [-0.2, 0) is 13.0 Å². The van der Waals surface area contributed by atoms with Gasteiger partial charge in [0.25, 0.3) is 0 Å². The minimum Gasteiger partial charge on any atom is -0.338 e. The van der Waals surface area contributed by atoms with Crippen LogP contribution in [0.5, 0.6) is 0 Å². The van der Waals surface area contributed by atoms with Gasteiger partial charge in [0.2, 0.25) is 5.89 Å². The summed E-state index contributed by atoms with van der Waals surface area (Å²) in [7, 11) is 0. The van der Waals surface area contributed by atoms with Gasteiger partial charge in [0.1, 0.15) is 0 Å². The molecule has 2 heterocycles. The molecule has 1 aliphatic heterocycles. The normalized spacial score (nSPS) is 24.2. The Morgan fingerprint density at radius 3 is 2.89 bits per heavy atom. The molecule has 0 amide bonds. The Kier molecular flexibility index (Phi) is 5.56. The van der Waals surface area contributed by atoms with Gasteiger partial charge in [-0.2, -0.15) is 4.98 Å². The van der Waals surface area contributed by atoms with E-state index in [1.54, 1.807) is 0 Å². The second-order valence-corrected chi connectivity index (χ2v) is 5.33. The molecule has 104 valence electrons. The molecule has 5 nitrogen and oxygen atoms in total. The zero-order valence-electron chi connectivity index (χ0n) is 11.2. The number of aryl methyl sites for hydroxylation is 1. The van der Waals surface area contributed by atoms with Crippen molar-refractivity contribution in [2.75, 3.05) is 19.6 Å². The summed E-state index contributed by atoms with van der Waals surface area (Å²) < 4.78 is 5.25. The minimum atomic E-state index is 0. The Labute approximate surface area is 115 Å². The largest absolute Gasteiger partial charge is 0.338 e. The Morgan fingerprint density at radius 2 is 2.28 bits per heavy atom. The van der Waals surface area contributed by atoms with Crippen LogP contribution in [0.2, 0.25) is 0 Å². The van der Waals surface area contributed by atoms with Crippen LogP contribution in [-0.4, -0.2) is 34.7 Å². The molecule has 1 aromatic heterocycles. The highest BCUT2D eigenvalue weighted by Gasteiger charge is 2.32. The molecule has 0 aromatic carbocycles. The standard InChI is InChI=1S/C12H22N4O.ClH/c1-3-4-10-14-11(17-15-10)7-16-6-5-12(2,8-13)9-16;/h3-9,13H2,1-2H3;1H. The lowest BCUT2D eigenvalue weighted by molar-refractivity contribution is 0.238. The minimum absolute atomic E-state index is 0. The van der Waals surface area contributed by atoms with E-state index in [-0.39, 0.29) is 17.8 Å². The number of nitrogens with two attached hydrogens (primary N) is 1. The highest BCUT2D eigenvalue weighted by molar-refractivity contribution is 5.85. The highest BCUT2D eigenvalue weighted by Crippen LogP contribution is 2.29. The van der Waals surface area contributed by atoms with Crippen LogP contribution < -0.4 is 5.73 Å². The fourth-order valence-corrected chi connectivity index (χ4v) is 2.30. The quantitative estimate of drug-likeness (QED) is 0.884. The summed E-state index contributed by atoms with van der Waals surface area (Å²) in [6, 6.07) is 0. The molecule has 0 spiro atoms. The van der Waals surface area contributed by atoms with Crippen molar-refractivity contribution < 1.29 is 4.52 Å². The second kappa shape index (κ2) is 6.50. The smallest absolute Gasteiger partial charge is 0.240 e. The van der Waals surface area contributed by atoms with Crippen molar-refractivity contribution in [1.82, 2.24) is 15.0 Å². The number of aromatic nitrogens is 2. The Bertz CT molecular complexity index is 371.